The van der Waals surface area contributed by atoms with Gasteiger partial charge in [-0.3, -0.25) is 0 Å². The highest BCUT2D eigenvalue weighted by atomic mass is 16.3. The zero-order chi connectivity index (χ0) is 10.4. The fourth-order valence-electron chi connectivity index (χ4n) is 0.575. The molecule has 0 radical (unpaired) electrons. The highest BCUT2D eigenvalue weighted by Crippen LogP contribution is 1.97. The monoisotopic (exact) mass is 174 g/mol. The summed E-state index contributed by atoms with van der Waals surface area (Å²) in [5.74, 6) is 0.813. The topological polar surface area (TPSA) is 37.3 Å². The van der Waals surface area contributed by atoms with Gasteiger partial charge in [0.1, 0.15) is 5.78 Å². The van der Waals surface area contributed by atoms with Gasteiger partial charge < -0.3 is 9.90 Å². The first-order valence-electron chi connectivity index (χ1n) is 4.34. The fourth-order valence-corrected chi connectivity index (χ4v) is 0.575. The van der Waals surface area contributed by atoms with Crippen molar-refractivity contribution in [1.29, 1.82) is 0 Å². The molecule has 74 valence electrons. The smallest absolute Gasteiger partial charge is 0.130 e. The maximum Gasteiger partial charge on any atom is 0.130 e. The molecule has 0 aromatic carbocycles. The SMILES string of the molecule is CC(=O)CC(C)C.CC(C)(C)O. The van der Waals surface area contributed by atoms with E-state index in [0.29, 0.717) is 5.92 Å². The fraction of sp³-hybridized carbons (Fsp3) is 0.900. The Hall–Kier alpha value is -0.370. The van der Waals surface area contributed by atoms with Crippen LogP contribution in [0.25, 0.3) is 0 Å². The molecule has 0 atom stereocenters. The molecule has 0 spiro atoms. The minimum Gasteiger partial charge on any atom is -0.391 e. The summed E-state index contributed by atoms with van der Waals surface area (Å²) in [5, 5.41) is 8.52. The second-order valence-corrected chi connectivity index (χ2v) is 4.47. The van der Waals surface area contributed by atoms with Gasteiger partial charge in [0, 0.05) is 6.42 Å². The molecule has 0 aromatic heterocycles. The molecular formula is C10H22O2. The second-order valence-electron chi connectivity index (χ2n) is 4.47. The molecule has 1 N–H and O–H groups in total. The first-order chi connectivity index (χ1) is 5.13. The molecule has 0 aliphatic carbocycles. The summed E-state index contributed by atoms with van der Waals surface area (Å²) < 4.78 is 0. The number of ketones is 1. The Morgan fingerprint density at radius 2 is 1.58 bits per heavy atom. The molecular weight excluding hydrogens is 152 g/mol. The van der Waals surface area contributed by atoms with Gasteiger partial charge in [-0.25, -0.2) is 0 Å². The standard InChI is InChI=1S/C6H12O.C4H10O/c1-5(2)4-6(3)7;1-4(2,3)5/h5H,4H2,1-3H3;5H,1-3H3. The van der Waals surface area contributed by atoms with E-state index in [-0.39, 0.29) is 5.78 Å². The van der Waals surface area contributed by atoms with Crippen LogP contribution in [0.2, 0.25) is 0 Å². The van der Waals surface area contributed by atoms with E-state index in [9.17, 15) is 4.79 Å². The van der Waals surface area contributed by atoms with Crippen LogP contribution in [0.15, 0.2) is 0 Å². The van der Waals surface area contributed by atoms with Crippen LogP contribution in [0.3, 0.4) is 0 Å². The van der Waals surface area contributed by atoms with E-state index in [1.54, 1.807) is 27.7 Å². The van der Waals surface area contributed by atoms with E-state index in [1.807, 2.05) is 13.8 Å². The average Bonchev–Trinajstić information content (AvgIpc) is 1.52. The van der Waals surface area contributed by atoms with E-state index in [2.05, 4.69) is 0 Å². The molecule has 0 heterocycles. The number of rotatable bonds is 2. The minimum absolute atomic E-state index is 0.287. The van der Waals surface area contributed by atoms with Gasteiger partial charge in [-0.2, -0.15) is 0 Å². The van der Waals surface area contributed by atoms with Gasteiger partial charge in [-0.15, -0.1) is 0 Å². The Labute approximate surface area is 76.0 Å². The lowest BCUT2D eigenvalue weighted by atomic mass is 10.1. The van der Waals surface area contributed by atoms with Crippen LogP contribution in [0.1, 0.15) is 48.0 Å². The second kappa shape index (κ2) is 6.18. The van der Waals surface area contributed by atoms with Crippen molar-refractivity contribution in [2.75, 3.05) is 0 Å². The van der Waals surface area contributed by atoms with Crippen LogP contribution >= 0.6 is 0 Å². The van der Waals surface area contributed by atoms with Crippen molar-refractivity contribution >= 4 is 5.78 Å². The summed E-state index contributed by atoms with van der Waals surface area (Å²) in [5.41, 5.74) is -0.500. The van der Waals surface area contributed by atoms with Crippen molar-refractivity contribution in [3.8, 4) is 0 Å². The van der Waals surface area contributed by atoms with Crippen molar-refractivity contribution in [3.05, 3.63) is 0 Å². The lowest BCUT2D eigenvalue weighted by molar-refractivity contribution is -0.117. The van der Waals surface area contributed by atoms with Crippen LogP contribution in [-0.2, 0) is 4.79 Å². The van der Waals surface area contributed by atoms with Gasteiger partial charge >= 0.3 is 0 Å². The predicted octanol–water partition coefficient (Wildman–Crippen LogP) is 2.40. The maximum atomic E-state index is 10.3. The first kappa shape index (κ1) is 14.2. The van der Waals surface area contributed by atoms with Crippen LogP contribution in [-0.4, -0.2) is 16.5 Å². The summed E-state index contributed by atoms with van der Waals surface area (Å²) in [6.07, 6.45) is 0.722. The van der Waals surface area contributed by atoms with Crippen LogP contribution < -0.4 is 0 Å². The van der Waals surface area contributed by atoms with Gasteiger partial charge in [-0.1, -0.05) is 13.8 Å². The lowest BCUT2D eigenvalue weighted by Crippen LogP contribution is -2.10. The Morgan fingerprint density at radius 1 is 1.33 bits per heavy atom. The number of aliphatic hydroxyl groups is 1. The van der Waals surface area contributed by atoms with Crippen LogP contribution in [0.5, 0.6) is 0 Å². The Morgan fingerprint density at radius 3 is 1.58 bits per heavy atom. The number of carbonyl (C=O) groups is 1. The number of hydrogen-bond donors (Lipinski definition) is 1. The molecule has 0 bridgehead atoms. The molecule has 0 unspecified atom stereocenters. The summed E-state index contributed by atoms with van der Waals surface area (Å²) in [6, 6.07) is 0. The molecule has 0 fully saturated rings. The molecule has 0 saturated carbocycles. The van der Waals surface area contributed by atoms with Crippen molar-refractivity contribution in [2.45, 2.75) is 53.6 Å². The van der Waals surface area contributed by atoms with Crippen molar-refractivity contribution in [1.82, 2.24) is 0 Å². The lowest BCUT2D eigenvalue weighted by Gasteiger charge is -2.04. The molecule has 0 saturated heterocycles. The quantitative estimate of drug-likeness (QED) is 0.698. The van der Waals surface area contributed by atoms with E-state index in [1.165, 1.54) is 0 Å². The van der Waals surface area contributed by atoms with Gasteiger partial charge in [0.15, 0.2) is 0 Å². The maximum absolute atomic E-state index is 10.3. The third-order valence-corrected chi connectivity index (χ3v) is 0.696. The Bertz CT molecular complexity index is 114. The van der Waals surface area contributed by atoms with E-state index < -0.39 is 5.60 Å². The van der Waals surface area contributed by atoms with Gasteiger partial charge in [-0.05, 0) is 33.6 Å². The van der Waals surface area contributed by atoms with Crippen molar-refractivity contribution in [3.63, 3.8) is 0 Å². The molecule has 0 aliphatic heterocycles. The van der Waals surface area contributed by atoms with Crippen molar-refractivity contribution in [2.24, 2.45) is 5.92 Å². The highest BCUT2D eigenvalue weighted by molar-refractivity contribution is 5.75. The van der Waals surface area contributed by atoms with Crippen LogP contribution in [0.4, 0.5) is 0 Å². The normalized spacial score (nSPS) is 10.7. The largest absolute Gasteiger partial charge is 0.391 e. The zero-order valence-corrected chi connectivity index (χ0v) is 9.14. The molecule has 0 aromatic rings. The Balaban J connectivity index is 0. The molecule has 0 aliphatic rings. The van der Waals surface area contributed by atoms with E-state index in [0.717, 1.165) is 6.42 Å². The van der Waals surface area contributed by atoms with Crippen LogP contribution in [0, 0.1) is 5.92 Å². The summed E-state index contributed by atoms with van der Waals surface area (Å²) in [4.78, 5) is 10.3. The van der Waals surface area contributed by atoms with Gasteiger partial charge in [0.2, 0.25) is 0 Å². The van der Waals surface area contributed by atoms with Crippen molar-refractivity contribution < 1.29 is 9.90 Å². The number of carbonyl (C=O) groups excluding carboxylic acids is 1. The first-order valence-corrected chi connectivity index (χ1v) is 4.34. The number of Topliss-reactive ketones (excluding diaryl/α,β-unsaturated/α-hetero) is 1. The summed E-state index contributed by atoms with van der Waals surface area (Å²) >= 11 is 0. The minimum atomic E-state index is -0.500. The molecule has 0 rings (SSSR count). The Kier molecular flexibility index (Phi) is 7.30. The molecule has 12 heavy (non-hydrogen) atoms. The highest BCUT2D eigenvalue weighted by Gasteiger charge is 1.98. The molecule has 2 heteroatoms. The predicted molar refractivity (Wildman–Crippen MR) is 52.1 cm³/mol. The average molecular weight is 174 g/mol. The van der Waals surface area contributed by atoms with Gasteiger partial charge in [0.05, 0.1) is 5.60 Å². The van der Waals surface area contributed by atoms with E-state index >= 15 is 0 Å². The van der Waals surface area contributed by atoms with E-state index in [4.69, 9.17) is 5.11 Å². The number of hydrogen-bond acceptors (Lipinski definition) is 2. The zero-order valence-electron chi connectivity index (χ0n) is 9.14. The third kappa shape index (κ3) is 54.4. The summed E-state index contributed by atoms with van der Waals surface area (Å²) in [7, 11) is 0. The molecule has 0 amide bonds. The van der Waals surface area contributed by atoms with Gasteiger partial charge in [0.25, 0.3) is 0 Å². The summed E-state index contributed by atoms with van der Waals surface area (Å²) in [6.45, 7) is 10.9. The third-order valence-electron chi connectivity index (χ3n) is 0.696. The molecule has 2 nitrogen and oxygen atoms in total.